The smallest absolute Gasteiger partial charge is 0.260 e. The first kappa shape index (κ1) is 26.0. The zero-order valence-electron chi connectivity index (χ0n) is 21.3. The highest BCUT2D eigenvalue weighted by atomic mass is 32.2. The van der Waals surface area contributed by atoms with Gasteiger partial charge in [0.1, 0.15) is 5.75 Å². The first-order valence-electron chi connectivity index (χ1n) is 12.5. The SMILES string of the molecule is CN(Cc1ccccc1)S(=O)(=O)c1ccc(OCC(=O)N2CCN(Cc3ccc4c(c3)OCO4)CC2)cc1. The predicted octanol–water partition coefficient (Wildman–Crippen LogP) is 2.96. The number of amides is 1. The summed E-state index contributed by atoms with van der Waals surface area (Å²) >= 11 is 0. The summed E-state index contributed by atoms with van der Waals surface area (Å²) in [6.45, 7) is 4.01. The molecule has 0 unspecified atom stereocenters. The van der Waals surface area contributed by atoms with Crippen LogP contribution in [-0.2, 0) is 27.9 Å². The van der Waals surface area contributed by atoms with Crippen molar-refractivity contribution in [2.24, 2.45) is 0 Å². The van der Waals surface area contributed by atoms with Crippen molar-refractivity contribution in [1.82, 2.24) is 14.1 Å². The van der Waals surface area contributed by atoms with Gasteiger partial charge in [-0.05, 0) is 47.5 Å². The summed E-state index contributed by atoms with van der Waals surface area (Å²) in [6.07, 6.45) is 0. The van der Waals surface area contributed by atoms with E-state index in [2.05, 4.69) is 4.90 Å². The minimum absolute atomic E-state index is 0.0907. The Morgan fingerprint density at radius 2 is 1.61 bits per heavy atom. The van der Waals surface area contributed by atoms with Crippen molar-refractivity contribution in [2.75, 3.05) is 46.6 Å². The number of sulfonamides is 1. The van der Waals surface area contributed by atoms with Crippen LogP contribution in [0.15, 0.2) is 77.7 Å². The highest BCUT2D eigenvalue weighted by Crippen LogP contribution is 2.33. The van der Waals surface area contributed by atoms with Gasteiger partial charge in [0.25, 0.3) is 5.91 Å². The fourth-order valence-corrected chi connectivity index (χ4v) is 5.66. The van der Waals surface area contributed by atoms with Gasteiger partial charge in [-0.3, -0.25) is 9.69 Å². The summed E-state index contributed by atoms with van der Waals surface area (Å²) in [6, 6.07) is 21.6. The van der Waals surface area contributed by atoms with Gasteiger partial charge in [-0.15, -0.1) is 0 Å². The van der Waals surface area contributed by atoms with Gasteiger partial charge in [-0.1, -0.05) is 36.4 Å². The molecule has 2 heterocycles. The van der Waals surface area contributed by atoms with Crippen molar-refractivity contribution >= 4 is 15.9 Å². The Hall–Kier alpha value is -3.60. The molecule has 0 aromatic heterocycles. The van der Waals surface area contributed by atoms with Gasteiger partial charge in [0.15, 0.2) is 18.1 Å². The molecule has 1 fully saturated rings. The van der Waals surface area contributed by atoms with Crippen molar-refractivity contribution in [2.45, 2.75) is 18.0 Å². The van der Waals surface area contributed by atoms with Crippen molar-refractivity contribution < 1.29 is 27.4 Å². The molecule has 200 valence electrons. The van der Waals surface area contributed by atoms with Gasteiger partial charge in [0.05, 0.1) is 4.90 Å². The lowest BCUT2D eigenvalue weighted by molar-refractivity contribution is -0.135. The highest BCUT2D eigenvalue weighted by molar-refractivity contribution is 7.89. The van der Waals surface area contributed by atoms with Crippen LogP contribution in [0.3, 0.4) is 0 Å². The molecule has 0 aliphatic carbocycles. The van der Waals surface area contributed by atoms with Crippen LogP contribution in [0.1, 0.15) is 11.1 Å². The molecule has 0 radical (unpaired) electrons. The fourth-order valence-electron chi connectivity index (χ4n) is 4.50. The number of hydrogen-bond donors (Lipinski definition) is 0. The molecule has 0 spiro atoms. The van der Waals surface area contributed by atoms with Gasteiger partial charge in [0, 0.05) is 46.3 Å². The monoisotopic (exact) mass is 537 g/mol. The number of carbonyl (C=O) groups is 1. The maximum absolute atomic E-state index is 12.9. The van der Waals surface area contributed by atoms with E-state index < -0.39 is 10.0 Å². The fraction of sp³-hybridized carbons (Fsp3) is 0.321. The molecule has 3 aromatic carbocycles. The van der Waals surface area contributed by atoms with E-state index in [0.717, 1.165) is 42.3 Å². The van der Waals surface area contributed by atoms with E-state index >= 15 is 0 Å². The van der Waals surface area contributed by atoms with Crippen LogP contribution in [-0.4, -0.2) is 75.1 Å². The Kier molecular flexibility index (Phi) is 7.82. The van der Waals surface area contributed by atoms with E-state index in [1.165, 1.54) is 16.4 Å². The molecule has 1 saturated heterocycles. The molecule has 2 aliphatic rings. The lowest BCUT2D eigenvalue weighted by Gasteiger charge is -2.34. The average molecular weight is 538 g/mol. The van der Waals surface area contributed by atoms with E-state index in [-0.39, 0.29) is 30.7 Å². The normalized spacial score (nSPS) is 15.6. The van der Waals surface area contributed by atoms with E-state index in [0.29, 0.717) is 18.8 Å². The summed E-state index contributed by atoms with van der Waals surface area (Å²) in [7, 11) is -2.09. The van der Waals surface area contributed by atoms with Gasteiger partial charge in [-0.25, -0.2) is 8.42 Å². The van der Waals surface area contributed by atoms with Gasteiger partial charge >= 0.3 is 0 Å². The maximum atomic E-state index is 12.9. The van der Waals surface area contributed by atoms with Crippen LogP contribution in [0, 0.1) is 0 Å². The summed E-state index contributed by atoms with van der Waals surface area (Å²) in [5.74, 6) is 1.91. The van der Waals surface area contributed by atoms with Gasteiger partial charge in [0.2, 0.25) is 16.8 Å². The zero-order chi connectivity index (χ0) is 26.5. The number of rotatable bonds is 9. The quantitative estimate of drug-likeness (QED) is 0.415. The summed E-state index contributed by atoms with van der Waals surface area (Å²) in [5.41, 5.74) is 2.06. The summed E-state index contributed by atoms with van der Waals surface area (Å²) < 4.78 is 43.6. The molecular weight excluding hydrogens is 506 g/mol. The Morgan fingerprint density at radius 3 is 2.34 bits per heavy atom. The largest absolute Gasteiger partial charge is 0.484 e. The molecule has 5 rings (SSSR count). The number of nitrogens with zero attached hydrogens (tertiary/aromatic N) is 3. The van der Waals surface area contributed by atoms with Crippen LogP contribution in [0.4, 0.5) is 0 Å². The molecule has 3 aromatic rings. The van der Waals surface area contributed by atoms with Crippen molar-refractivity contribution in [3.63, 3.8) is 0 Å². The Bertz CT molecular complexity index is 1360. The van der Waals surface area contributed by atoms with Crippen LogP contribution in [0.25, 0.3) is 0 Å². The van der Waals surface area contributed by atoms with E-state index in [9.17, 15) is 13.2 Å². The number of hydrogen-bond acceptors (Lipinski definition) is 7. The molecule has 10 heteroatoms. The highest BCUT2D eigenvalue weighted by Gasteiger charge is 2.23. The third-order valence-electron chi connectivity index (χ3n) is 6.71. The minimum Gasteiger partial charge on any atom is -0.484 e. The Morgan fingerprint density at radius 1 is 0.895 bits per heavy atom. The molecule has 0 atom stereocenters. The zero-order valence-corrected chi connectivity index (χ0v) is 22.1. The van der Waals surface area contributed by atoms with Gasteiger partial charge < -0.3 is 19.1 Å². The standard InChI is InChI=1S/C28H31N3O6S/c1-29(18-22-5-3-2-4-6-22)38(33,34)25-10-8-24(9-11-25)35-20-28(32)31-15-13-30(14-16-31)19-23-7-12-26-27(17-23)37-21-36-26/h2-12,17H,13-16,18-21H2,1H3. The third-order valence-corrected chi connectivity index (χ3v) is 8.53. The molecule has 2 aliphatic heterocycles. The summed E-state index contributed by atoms with van der Waals surface area (Å²) in [5, 5.41) is 0. The van der Waals surface area contributed by atoms with Crippen LogP contribution in [0.5, 0.6) is 17.2 Å². The molecule has 0 N–H and O–H groups in total. The molecule has 1 amide bonds. The molecule has 0 bridgehead atoms. The second kappa shape index (κ2) is 11.4. The second-order valence-corrected chi connectivity index (χ2v) is 11.4. The lowest BCUT2D eigenvalue weighted by Crippen LogP contribution is -2.49. The molecule has 0 saturated carbocycles. The van der Waals surface area contributed by atoms with Crippen LogP contribution >= 0.6 is 0 Å². The van der Waals surface area contributed by atoms with Gasteiger partial charge in [-0.2, -0.15) is 4.31 Å². The van der Waals surface area contributed by atoms with Crippen LogP contribution < -0.4 is 14.2 Å². The Labute approximate surface area is 223 Å². The van der Waals surface area contributed by atoms with Crippen molar-refractivity contribution in [3.8, 4) is 17.2 Å². The second-order valence-electron chi connectivity index (χ2n) is 9.35. The predicted molar refractivity (Wildman–Crippen MR) is 141 cm³/mol. The number of fused-ring (bicyclic) bond motifs is 1. The molecular formula is C28H31N3O6S. The van der Waals surface area contributed by atoms with E-state index in [4.69, 9.17) is 14.2 Å². The third kappa shape index (κ3) is 6.09. The molecule has 38 heavy (non-hydrogen) atoms. The first-order chi connectivity index (χ1) is 18.4. The number of benzene rings is 3. The lowest BCUT2D eigenvalue weighted by atomic mass is 10.1. The maximum Gasteiger partial charge on any atom is 0.260 e. The van der Waals surface area contributed by atoms with E-state index in [1.807, 2.05) is 48.5 Å². The van der Waals surface area contributed by atoms with Crippen molar-refractivity contribution in [3.05, 3.63) is 83.9 Å². The van der Waals surface area contributed by atoms with Crippen LogP contribution in [0.2, 0.25) is 0 Å². The molecule has 9 nitrogen and oxygen atoms in total. The minimum atomic E-state index is -3.65. The average Bonchev–Trinajstić information content (AvgIpc) is 3.41. The number of piperazine rings is 1. The number of ether oxygens (including phenoxy) is 3. The van der Waals surface area contributed by atoms with Crippen molar-refractivity contribution in [1.29, 1.82) is 0 Å². The van der Waals surface area contributed by atoms with E-state index in [1.54, 1.807) is 24.1 Å². The first-order valence-corrected chi connectivity index (χ1v) is 13.9. The summed E-state index contributed by atoms with van der Waals surface area (Å²) in [4.78, 5) is 17.0. The Balaban J connectivity index is 1.08. The number of carbonyl (C=O) groups excluding carboxylic acids is 1. The topological polar surface area (TPSA) is 88.6 Å².